The fourth-order valence-electron chi connectivity index (χ4n) is 5.89. The molecule has 7 nitrogen and oxygen atoms in total. The Kier molecular flexibility index (Phi) is 11.8. The number of halogens is 2. The third kappa shape index (κ3) is 9.03. The van der Waals surface area contributed by atoms with Gasteiger partial charge in [-0.2, -0.15) is 0 Å². The van der Waals surface area contributed by atoms with Crippen LogP contribution in [0.5, 0.6) is 0 Å². The second kappa shape index (κ2) is 16.0. The van der Waals surface area contributed by atoms with Crippen LogP contribution < -0.4 is 9.62 Å². The second-order valence-corrected chi connectivity index (χ2v) is 15.2. The van der Waals surface area contributed by atoms with Crippen molar-refractivity contribution in [1.29, 1.82) is 0 Å². The van der Waals surface area contributed by atoms with Crippen LogP contribution in [0.3, 0.4) is 0 Å². The Morgan fingerprint density at radius 3 is 2.15 bits per heavy atom. The number of carbonyl (C=O) groups excluding carboxylic acids is 2. The van der Waals surface area contributed by atoms with Crippen molar-refractivity contribution in [2.24, 2.45) is 0 Å². The van der Waals surface area contributed by atoms with E-state index < -0.39 is 28.5 Å². The fourth-order valence-corrected chi connectivity index (χ4v) is 7.87. The van der Waals surface area contributed by atoms with Gasteiger partial charge in [-0.3, -0.25) is 13.9 Å². The molecule has 1 fully saturated rings. The van der Waals surface area contributed by atoms with Crippen molar-refractivity contribution in [1.82, 2.24) is 10.2 Å². The number of benzene rings is 4. The highest BCUT2D eigenvalue weighted by molar-refractivity contribution is 9.10. The lowest BCUT2D eigenvalue weighted by atomic mass is 9.94. The molecule has 1 aliphatic rings. The molecule has 0 unspecified atom stereocenters. The minimum Gasteiger partial charge on any atom is -0.352 e. The Hall–Kier alpha value is -3.66. The molecule has 0 heterocycles. The van der Waals surface area contributed by atoms with Gasteiger partial charge >= 0.3 is 0 Å². The van der Waals surface area contributed by atoms with Crippen LogP contribution in [0.2, 0.25) is 5.02 Å². The van der Waals surface area contributed by atoms with Gasteiger partial charge in [-0.15, -0.1) is 0 Å². The number of amides is 2. The summed E-state index contributed by atoms with van der Waals surface area (Å²) >= 11 is 10.1. The second-order valence-electron chi connectivity index (χ2n) is 12.0. The number of sulfonamides is 1. The van der Waals surface area contributed by atoms with E-state index in [0.717, 1.165) is 57.6 Å². The maximum absolute atomic E-state index is 14.7. The molecular formula is C37H39BrClN3O4S. The van der Waals surface area contributed by atoms with Crippen molar-refractivity contribution < 1.29 is 18.0 Å². The quantitative estimate of drug-likeness (QED) is 0.162. The van der Waals surface area contributed by atoms with Crippen LogP contribution in [-0.4, -0.2) is 43.8 Å². The molecule has 0 aromatic heterocycles. The molecule has 1 N–H and O–H groups in total. The van der Waals surface area contributed by atoms with Crippen LogP contribution in [0.4, 0.5) is 5.69 Å². The molecule has 1 aliphatic carbocycles. The predicted octanol–water partition coefficient (Wildman–Crippen LogP) is 7.70. The Morgan fingerprint density at radius 1 is 0.851 bits per heavy atom. The van der Waals surface area contributed by atoms with Gasteiger partial charge in [0.05, 0.1) is 15.6 Å². The molecule has 1 atom stereocenters. The van der Waals surface area contributed by atoms with Crippen LogP contribution in [0.1, 0.15) is 48.8 Å². The van der Waals surface area contributed by atoms with Gasteiger partial charge in [0, 0.05) is 23.5 Å². The fraction of sp³-hybridized carbons (Fsp3) is 0.297. The minimum absolute atomic E-state index is 0.0284. The molecule has 4 aromatic rings. The largest absolute Gasteiger partial charge is 0.352 e. The molecule has 246 valence electrons. The Labute approximate surface area is 291 Å². The SMILES string of the molecule is Cc1ccc(S(=O)(=O)N(CC(=O)N(Cc2ccc(Br)cc2)[C@@H](Cc2ccccc2)C(=O)NC2CCCCC2)c2ccccc2Cl)cc1. The molecule has 10 heteroatoms. The molecule has 0 aliphatic heterocycles. The highest BCUT2D eigenvalue weighted by Gasteiger charge is 2.36. The Balaban J connectivity index is 1.56. The monoisotopic (exact) mass is 735 g/mol. The average Bonchev–Trinajstić information content (AvgIpc) is 3.07. The zero-order chi connectivity index (χ0) is 33.4. The van der Waals surface area contributed by atoms with Gasteiger partial charge in [0.1, 0.15) is 12.6 Å². The maximum Gasteiger partial charge on any atom is 0.264 e. The lowest BCUT2D eigenvalue weighted by Crippen LogP contribution is -2.55. The van der Waals surface area contributed by atoms with Crippen LogP contribution in [0.15, 0.2) is 112 Å². The van der Waals surface area contributed by atoms with E-state index in [1.807, 2.05) is 61.5 Å². The van der Waals surface area contributed by atoms with E-state index in [1.54, 1.807) is 36.4 Å². The predicted molar refractivity (Wildman–Crippen MR) is 191 cm³/mol. The molecule has 0 bridgehead atoms. The number of aryl methyl sites for hydroxylation is 1. The molecule has 47 heavy (non-hydrogen) atoms. The van der Waals surface area contributed by atoms with E-state index in [-0.39, 0.29) is 40.5 Å². The number of nitrogens with one attached hydrogen (secondary N) is 1. The highest BCUT2D eigenvalue weighted by Crippen LogP contribution is 2.31. The third-order valence-corrected chi connectivity index (χ3v) is 11.1. The summed E-state index contributed by atoms with van der Waals surface area (Å²) in [5.41, 5.74) is 2.77. The standard InChI is InChI=1S/C37H39BrClN3O4S/c1-27-16-22-32(23-17-27)47(45,46)42(34-15-9-8-14-33(34)39)26-36(43)41(25-29-18-20-30(38)21-19-29)35(24-28-10-4-2-5-11-28)37(44)40-31-12-6-3-7-13-31/h2,4-5,8-11,14-23,31,35H,3,6-7,12-13,24-26H2,1H3,(H,40,44)/t35-/m0/s1. The minimum atomic E-state index is -4.23. The van der Waals surface area contributed by atoms with Crippen molar-refractivity contribution in [2.75, 3.05) is 10.8 Å². The summed E-state index contributed by atoms with van der Waals surface area (Å²) < 4.78 is 30.4. The molecule has 1 saturated carbocycles. The average molecular weight is 737 g/mol. The van der Waals surface area contributed by atoms with E-state index in [4.69, 9.17) is 11.6 Å². The third-order valence-electron chi connectivity index (χ3n) is 8.50. The lowest BCUT2D eigenvalue weighted by molar-refractivity contribution is -0.140. The smallest absolute Gasteiger partial charge is 0.264 e. The van der Waals surface area contributed by atoms with Gasteiger partial charge in [0.15, 0.2) is 0 Å². The van der Waals surface area contributed by atoms with Crippen LogP contribution >= 0.6 is 27.5 Å². The number of hydrogen-bond acceptors (Lipinski definition) is 4. The normalized spacial score (nSPS) is 14.3. The Bertz CT molecular complexity index is 1760. The summed E-state index contributed by atoms with van der Waals surface area (Å²) in [7, 11) is -4.23. The van der Waals surface area contributed by atoms with Crippen molar-refractivity contribution in [3.8, 4) is 0 Å². The van der Waals surface area contributed by atoms with Gasteiger partial charge in [-0.05, 0) is 67.3 Å². The maximum atomic E-state index is 14.7. The summed E-state index contributed by atoms with van der Waals surface area (Å²) in [6.07, 6.45) is 5.26. The van der Waals surface area contributed by atoms with E-state index >= 15 is 0 Å². The van der Waals surface area contributed by atoms with Crippen molar-refractivity contribution >= 4 is 55.1 Å². The molecule has 0 radical (unpaired) electrons. The summed E-state index contributed by atoms with van der Waals surface area (Å²) in [6, 6.07) is 29.3. The van der Waals surface area contributed by atoms with Gasteiger partial charge in [-0.1, -0.05) is 119 Å². The first-order chi connectivity index (χ1) is 22.6. The molecule has 4 aromatic carbocycles. The summed E-state index contributed by atoms with van der Waals surface area (Å²) in [4.78, 5) is 30.4. The zero-order valence-electron chi connectivity index (χ0n) is 26.3. The number of para-hydroxylation sites is 1. The van der Waals surface area contributed by atoms with Crippen LogP contribution in [0.25, 0.3) is 0 Å². The Morgan fingerprint density at radius 2 is 1.49 bits per heavy atom. The van der Waals surface area contributed by atoms with Gasteiger partial charge in [-0.25, -0.2) is 8.42 Å². The number of rotatable bonds is 12. The van der Waals surface area contributed by atoms with E-state index in [9.17, 15) is 18.0 Å². The highest BCUT2D eigenvalue weighted by atomic mass is 79.9. The first-order valence-electron chi connectivity index (χ1n) is 15.8. The first kappa shape index (κ1) is 34.7. The van der Waals surface area contributed by atoms with E-state index in [1.165, 1.54) is 17.0 Å². The van der Waals surface area contributed by atoms with Crippen LogP contribution in [0, 0.1) is 6.92 Å². The number of anilines is 1. The zero-order valence-corrected chi connectivity index (χ0v) is 29.5. The van der Waals surface area contributed by atoms with E-state index in [2.05, 4.69) is 21.2 Å². The van der Waals surface area contributed by atoms with Gasteiger partial charge in [0.2, 0.25) is 11.8 Å². The lowest BCUT2D eigenvalue weighted by Gasteiger charge is -2.35. The van der Waals surface area contributed by atoms with Crippen molar-refractivity contribution in [3.63, 3.8) is 0 Å². The number of carbonyl (C=O) groups is 2. The molecule has 0 spiro atoms. The number of nitrogens with zero attached hydrogens (tertiary/aromatic N) is 2. The molecule has 2 amide bonds. The van der Waals surface area contributed by atoms with Crippen molar-refractivity contribution in [3.05, 3.63) is 129 Å². The van der Waals surface area contributed by atoms with Crippen LogP contribution in [-0.2, 0) is 32.6 Å². The van der Waals surface area contributed by atoms with Gasteiger partial charge < -0.3 is 10.2 Å². The first-order valence-corrected chi connectivity index (χ1v) is 18.4. The topological polar surface area (TPSA) is 86.8 Å². The number of hydrogen-bond donors (Lipinski definition) is 1. The molecule has 5 rings (SSSR count). The summed E-state index contributed by atoms with van der Waals surface area (Å²) in [6.45, 7) is 1.41. The van der Waals surface area contributed by atoms with Gasteiger partial charge in [0.25, 0.3) is 10.0 Å². The van der Waals surface area contributed by atoms with E-state index in [0.29, 0.717) is 0 Å². The molecular weight excluding hydrogens is 698 g/mol. The van der Waals surface area contributed by atoms with Crippen molar-refractivity contribution in [2.45, 2.75) is 69.0 Å². The molecule has 0 saturated heterocycles. The summed E-state index contributed by atoms with van der Waals surface area (Å²) in [5.74, 6) is -0.778. The summed E-state index contributed by atoms with van der Waals surface area (Å²) in [5, 5.41) is 3.42.